The molecule has 0 spiro atoms. The molecular formula is C22H28N2O3. The van der Waals surface area contributed by atoms with E-state index in [1.54, 1.807) is 19.5 Å². The predicted octanol–water partition coefficient (Wildman–Crippen LogP) is 4.76. The smallest absolute Gasteiger partial charge is 0.330 e. The summed E-state index contributed by atoms with van der Waals surface area (Å²) >= 11 is 0. The molecular weight excluding hydrogens is 340 g/mol. The van der Waals surface area contributed by atoms with Gasteiger partial charge in [-0.1, -0.05) is 56.5 Å². The maximum atomic E-state index is 10.9. The van der Waals surface area contributed by atoms with Crippen LogP contribution in [-0.4, -0.2) is 29.7 Å². The second-order valence-corrected chi connectivity index (χ2v) is 6.38. The van der Waals surface area contributed by atoms with Gasteiger partial charge in [-0.15, -0.1) is 0 Å². The van der Waals surface area contributed by atoms with Gasteiger partial charge in [0.05, 0.1) is 31.8 Å². The van der Waals surface area contributed by atoms with Crippen LogP contribution in [0.5, 0.6) is 5.88 Å². The quantitative estimate of drug-likeness (QED) is 0.307. The van der Waals surface area contributed by atoms with Gasteiger partial charge in [-0.05, 0) is 24.8 Å². The Kier molecular flexibility index (Phi) is 9.04. The molecule has 0 unspecified atom stereocenters. The number of ether oxygens (including phenoxy) is 2. The van der Waals surface area contributed by atoms with Gasteiger partial charge in [-0.3, -0.25) is 0 Å². The predicted molar refractivity (Wildman–Crippen MR) is 107 cm³/mol. The van der Waals surface area contributed by atoms with Crippen LogP contribution < -0.4 is 4.74 Å². The van der Waals surface area contributed by atoms with Crippen LogP contribution in [0.15, 0.2) is 49.3 Å². The van der Waals surface area contributed by atoms with Crippen molar-refractivity contribution < 1.29 is 14.3 Å². The molecule has 0 N–H and O–H groups in total. The molecule has 0 saturated carbocycles. The van der Waals surface area contributed by atoms with Gasteiger partial charge in [0.25, 0.3) is 0 Å². The Bertz CT molecular complexity index is 697. The molecule has 1 heterocycles. The zero-order chi connectivity index (χ0) is 19.3. The van der Waals surface area contributed by atoms with E-state index >= 15 is 0 Å². The fourth-order valence-corrected chi connectivity index (χ4v) is 2.78. The molecule has 5 heteroatoms. The van der Waals surface area contributed by atoms with E-state index in [-0.39, 0.29) is 5.97 Å². The Morgan fingerprint density at radius 2 is 1.70 bits per heavy atom. The number of unbranched alkanes of at least 4 members (excludes halogenated alkanes) is 5. The molecule has 0 aliphatic heterocycles. The van der Waals surface area contributed by atoms with E-state index < -0.39 is 0 Å². The lowest BCUT2D eigenvalue weighted by molar-refractivity contribution is -0.137. The summed E-state index contributed by atoms with van der Waals surface area (Å²) in [5.41, 5.74) is 3.25. The van der Waals surface area contributed by atoms with Gasteiger partial charge in [-0.2, -0.15) is 0 Å². The molecule has 0 amide bonds. The lowest BCUT2D eigenvalue weighted by Gasteiger charge is -2.05. The first kappa shape index (κ1) is 20.6. The van der Waals surface area contributed by atoms with Crippen molar-refractivity contribution in [2.75, 3.05) is 13.7 Å². The van der Waals surface area contributed by atoms with Crippen molar-refractivity contribution in [1.82, 2.24) is 9.97 Å². The van der Waals surface area contributed by atoms with Crippen molar-refractivity contribution in [2.24, 2.45) is 0 Å². The van der Waals surface area contributed by atoms with E-state index in [0.717, 1.165) is 30.5 Å². The van der Waals surface area contributed by atoms with Crippen LogP contribution in [-0.2, 0) is 16.0 Å². The largest absolute Gasteiger partial charge is 0.480 e. The Morgan fingerprint density at radius 1 is 1.00 bits per heavy atom. The third-order valence-electron chi connectivity index (χ3n) is 4.36. The molecule has 0 aliphatic carbocycles. The minimum atomic E-state index is -0.333. The number of aryl methyl sites for hydroxylation is 1. The van der Waals surface area contributed by atoms with Gasteiger partial charge in [-0.25, -0.2) is 14.8 Å². The molecule has 1 aromatic heterocycles. The average molecular weight is 368 g/mol. The molecule has 0 fully saturated rings. The molecule has 1 aromatic carbocycles. The number of carbonyl (C=O) groups excluding carboxylic acids is 1. The first-order chi connectivity index (χ1) is 13.2. The number of esters is 1. The average Bonchev–Trinajstić information content (AvgIpc) is 2.73. The molecule has 0 atom stereocenters. The topological polar surface area (TPSA) is 61.3 Å². The minimum Gasteiger partial charge on any atom is -0.480 e. The zero-order valence-corrected chi connectivity index (χ0v) is 16.0. The van der Waals surface area contributed by atoms with E-state index in [2.05, 4.69) is 40.8 Å². The van der Waals surface area contributed by atoms with Crippen molar-refractivity contribution in [3.8, 4) is 17.1 Å². The summed E-state index contributed by atoms with van der Waals surface area (Å²) in [5.74, 6) is 0.188. The van der Waals surface area contributed by atoms with Gasteiger partial charge in [0.2, 0.25) is 5.88 Å². The highest BCUT2D eigenvalue weighted by Gasteiger charge is 2.02. The standard InChI is InChI=1S/C22H28N2O3/c1-3-22(25)27-15-9-7-5-4-6-8-10-18-11-13-19(14-12-18)20-16-24-21(26-2)17-23-20/h3,11-14,16-17H,1,4-10,15H2,2H3. The molecule has 0 aliphatic rings. The second-order valence-electron chi connectivity index (χ2n) is 6.38. The lowest BCUT2D eigenvalue weighted by Crippen LogP contribution is -2.01. The van der Waals surface area contributed by atoms with Crippen molar-refractivity contribution in [2.45, 2.75) is 44.9 Å². The fourth-order valence-electron chi connectivity index (χ4n) is 2.78. The number of rotatable bonds is 12. The zero-order valence-electron chi connectivity index (χ0n) is 16.0. The van der Waals surface area contributed by atoms with Crippen LogP contribution in [0.25, 0.3) is 11.3 Å². The number of hydrogen-bond acceptors (Lipinski definition) is 5. The summed E-state index contributed by atoms with van der Waals surface area (Å²) in [6.07, 6.45) is 12.5. The van der Waals surface area contributed by atoms with Crippen molar-refractivity contribution in [1.29, 1.82) is 0 Å². The third-order valence-corrected chi connectivity index (χ3v) is 4.36. The Labute approximate surface area is 161 Å². The highest BCUT2D eigenvalue weighted by atomic mass is 16.5. The maximum absolute atomic E-state index is 10.9. The molecule has 0 radical (unpaired) electrons. The van der Waals surface area contributed by atoms with Crippen LogP contribution in [0.4, 0.5) is 0 Å². The van der Waals surface area contributed by atoms with Gasteiger partial charge < -0.3 is 9.47 Å². The van der Waals surface area contributed by atoms with Crippen molar-refractivity contribution in [3.63, 3.8) is 0 Å². The number of carbonyl (C=O) groups is 1. The summed E-state index contributed by atoms with van der Waals surface area (Å²) in [6, 6.07) is 8.51. The molecule has 0 saturated heterocycles. The molecule has 0 bridgehead atoms. The summed E-state index contributed by atoms with van der Waals surface area (Å²) in [4.78, 5) is 19.4. The van der Waals surface area contributed by atoms with E-state index in [9.17, 15) is 4.79 Å². The second kappa shape index (κ2) is 11.8. The number of aromatic nitrogens is 2. The fraction of sp³-hybridized carbons (Fsp3) is 0.409. The first-order valence-electron chi connectivity index (χ1n) is 9.47. The van der Waals surface area contributed by atoms with Crippen molar-refractivity contribution >= 4 is 5.97 Å². The first-order valence-corrected chi connectivity index (χ1v) is 9.47. The lowest BCUT2D eigenvalue weighted by atomic mass is 10.0. The van der Waals surface area contributed by atoms with E-state index in [4.69, 9.17) is 9.47 Å². The maximum Gasteiger partial charge on any atom is 0.330 e. The summed E-state index contributed by atoms with van der Waals surface area (Å²) in [6.45, 7) is 3.87. The molecule has 5 nitrogen and oxygen atoms in total. The monoisotopic (exact) mass is 368 g/mol. The molecule has 27 heavy (non-hydrogen) atoms. The minimum absolute atomic E-state index is 0.333. The van der Waals surface area contributed by atoms with Crippen LogP contribution in [0.3, 0.4) is 0 Å². The van der Waals surface area contributed by atoms with Gasteiger partial charge in [0, 0.05) is 11.6 Å². The van der Waals surface area contributed by atoms with E-state index in [1.165, 1.54) is 37.3 Å². The Morgan fingerprint density at radius 3 is 2.33 bits per heavy atom. The van der Waals surface area contributed by atoms with Crippen LogP contribution in [0, 0.1) is 0 Å². The molecule has 144 valence electrons. The van der Waals surface area contributed by atoms with Gasteiger partial charge in [0.15, 0.2) is 0 Å². The Hall–Kier alpha value is -2.69. The normalized spacial score (nSPS) is 10.4. The van der Waals surface area contributed by atoms with Crippen LogP contribution in [0.2, 0.25) is 0 Å². The van der Waals surface area contributed by atoms with Gasteiger partial charge >= 0.3 is 5.97 Å². The highest BCUT2D eigenvalue weighted by molar-refractivity contribution is 5.81. The van der Waals surface area contributed by atoms with Crippen LogP contribution in [0.1, 0.15) is 44.1 Å². The number of hydrogen-bond donors (Lipinski definition) is 0. The SMILES string of the molecule is C=CC(=O)OCCCCCCCCc1ccc(-c2cnc(OC)cn2)cc1. The highest BCUT2D eigenvalue weighted by Crippen LogP contribution is 2.19. The van der Waals surface area contributed by atoms with Crippen molar-refractivity contribution in [3.05, 3.63) is 54.9 Å². The summed E-state index contributed by atoms with van der Waals surface area (Å²) in [5, 5.41) is 0. The molecule has 2 rings (SSSR count). The van der Waals surface area contributed by atoms with Gasteiger partial charge in [0.1, 0.15) is 0 Å². The van der Waals surface area contributed by atoms with E-state index in [0.29, 0.717) is 12.5 Å². The third kappa shape index (κ3) is 7.60. The summed E-state index contributed by atoms with van der Waals surface area (Å²) in [7, 11) is 1.58. The Balaban J connectivity index is 1.60. The number of methoxy groups -OCH3 is 1. The number of nitrogens with zero attached hydrogens (tertiary/aromatic N) is 2. The number of benzene rings is 1. The summed E-state index contributed by atoms with van der Waals surface area (Å²) < 4.78 is 9.99. The molecule has 2 aromatic rings. The van der Waals surface area contributed by atoms with E-state index in [1.807, 2.05) is 0 Å². The van der Waals surface area contributed by atoms with Crippen LogP contribution >= 0.6 is 0 Å².